The van der Waals surface area contributed by atoms with Crippen molar-refractivity contribution in [2.45, 2.75) is 33.0 Å². The van der Waals surface area contributed by atoms with Crippen molar-refractivity contribution < 1.29 is 27.5 Å². The molecule has 34 heavy (non-hydrogen) atoms. The summed E-state index contributed by atoms with van der Waals surface area (Å²) >= 11 is 0. The fourth-order valence-electron chi connectivity index (χ4n) is 3.90. The van der Waals surface area contributed by atoms with Gasteiger partial charge in [-0.1, -0.05) is 18.2 Å². The van der Waals surface area contributed by atoms with Crippen LogP contribution in [-0.4, -0.2) is 34.7 Å². The average Bonchev–Trinajstić information content (AvgIpc) is 3.14. The molecule has 0 aliphatic carbocycles. The van der Waals surface area contributed by atoms with Gasteiger partial charge in [-0.25, -0.2) is 4.68 Å². The molecule has 2 heterocycles. The fraction of sp³-hybridized carbons (Fsp3) is 0.292. The maximum Gasteiger partial charge on any atom is 0.416 e. The van der Waals surface area contributed by atoms with Crippen molar-refractivity contribution in [2.24, 2.45) is 0 Å². The maximum absolute atomic E-state index is 13.8. The van der Waals surface area contributed by atoms with Crippen LogP contribution in [0.3, 0.4) is 0 Å². The Hall–Kier alpha value is -3.82. The molecule has 7 nitrogen and oxygen atoms in total. The first-order valence-electron chi connectivity index (χ1n) is 10.7. The number of aromatic nitrogens is 2. The van der Waals surface area contributed by atoms with Crippen molar-refractivity contribution in [2.75, 3.05) is 18.1 Å². The van der Waals surface area contributed by atoms with E-state index < -0.39 is 17.6 Å². The van der Waals surface area contributed by atoms with Gasteiger partial charge < -0.3 is 15.0 Å². The largest absolute Gasteiger partial charge is 0.482 e. The van der Waals surface area contributed by atoms with Gasteiger partial charge in [0, 0.05) is 25.2 Å². The molecule has 0 bridgehead atoms. The molecule has 2 amide bonds. The number of fused-ring (bicyclic) bond motifs is 1. The van der Waals surface area contributed by atoms with E-state index in [1.165, 1.54) is 15.6 Å². The molecular formula is C24H23F3N4O3. The molecule has 1 aliphatic rings. The molecule has 0 saturated carbocycles. The van der Waals surface area contributed by atoms with E-state index in [4.69, 9.17) is 4.74 Å². The van der Waals surface area contributed by atoms with Crippen LogP contribution < -0.4 is 15.0 Å². The number of hydrogen-bond acceptors (Lipinski definition) is 4. The Balaban J connectivity index is 1.44. The van der Waals surface area contributed by atoms with Crippen molar-refractivity contribution in [3.8, 4) is 11.4 Å². The number of carbonyl (C=O) groups is 2. The molecule has 0 saturated heterocycles. The number of anilines is 1. The van der Waals surface area contributed by atoms with Crippen LogP contribution in [0.5, 0.6) is 5.75 Å². The summed E-state index contributed by atoms with van der Waals surface area (Å²) in [7, 11) is 0. The van der Waals surface area contributed by atoms with Crippen LogP contribution >= 0.6 is 0 Å². The second-order valence-electron chi connectivity index (χ2n) is 8.01. The van der Waals surface area contributed by atoms with E-state index in [0.29, 0.717) is 22.8 Å². The third-order valence-electron chi connectivity index (χ3n) is 5.50. The molecule has 1 aliphatic heterocycles. The third kappa shape index (κ3) is 4.90. The molecule has 0 spiro atoms. The van der Waals surface area contributed by atoms with Crippen molar-refractivity contribution in [1.29, 1.82) is 0 Å². The Kier molecular flexibility index (Phi) is 6.32. The molecule has 1 aromatic heterocycles. The zero-order chi connectivity index (χ0) is 24.5. The second kappa shape index (κ2) is 9.20. The fourth-order valence-corrected chi connectivity index (χ4v) is 3.90. The quantitative estimate of drug-likeness (QED) is 0.590. The first-order chi connectivity index (χ1) is 16.1. The Morgan fingerprint density at radius 2 is 1.91 bits per heavy atom. The van der Waals surface area contributed by atoms with E-state index in [0.717, 1.165) is 6.07 Å². The van der Waals surface area contributed by atoms with Crippen LogP contribution in [0, 0.1) is 13.8 Å². The summed E-state index contributed by atoms with van der Waals surface area (Å²) in [6.07, 6.45) is -4.67. The van der Waals surface area contributed by atoms with Crippen LogP contribution in [0.2, 0.25) is 0 Å². The number of nitrogens with zero attached hydrogens (tertiary/aromatic N) is 3. The smallest absolute Gasteiger partial charge is 0.416 e. The van der Waals surface area contributed by atoms with Crippen molar-refractivity contribution in [3.63, 3.8) is 0 Å². The lowest BCUT2D eigenvalue weighted by Crippen LogP contribution is -2.41. The van der Waals surface area contributed by atoms with Gasteiger partial charge in [0.2, 0.25) is 5.91 Å². The van der Waals surface area contributed by atoms with Crippen molar-refractivity contribution in [1.82, 2.24) is 15.1 Å². The standard InChI is InChI=1S/C24H23F3N4O3/c1-15-11-16(2)31(29-15)18-8-7-17(19(12-18)24(25,26)27)13-28-22(32)9-10-30-20-5-3-4-6-21(20)34-14-23(30)33/h3-8,11-12H,9-10,13-14H2,1-2H3,(H,28,32). The number of alkyl halides is 3. The zero-order valence-electron chi connectivity index (χ0n) is 18.6. The number of nitrogens with one attached hydrogen (secondary N) is 1. The van der Waals surface area contributed by atoms with E-state index in [-0.39, 0.29) is 43.3 Å². The summed E-state index contributed by atoms with van der Waals surface area (Å²) in [6.45, 7) is 3.20. The van der Waals surface area contributed by atoms with E-state index in [9.17, 15) is 22.8 Å². The average molecular weight is 472 g/mol. The highest BCUT2D eigenvalue weighted by molar-refractivity contribution is 5.98. The van der Waals surface area contributed by atoms with Crippen LogP contribution in [-0.2, 0) is 22.3 Å². The van der Waals surface area contributed by atoms with Gasteiger partial charge in [-0.2, -0.15) is 18.3 Å². The molecule has 0 radical (unpaired) electrons. The minimum atomic E-state index is -4.60. The summed E-state index contributed by atoms with van der Waals surface area (Å²) in [5.41, 5.74) is 1.37. The molecule has 10 heteroatoms. The first-order valence-corrected chi connectivity index (χ1v) is 10.7. The van der Waals surface area contributed by atoms with Gasteiger partial charge in [0.15, 0.2) is 6.61 Å². The highest BCUT2D eigenvalue weighted by Crippen LogP contribution is 2.34. The number of amides is 2. The monoisotopic (exact) mass is 472 g/mol. The summed E-state index contributed by atoms with van der Waals surface area (Å²) in [6, 6.07) is 12.7. The van der Waals surface area contributed by atoms with Crippen molar-refractivity contribution >= 4 is 17.5 Å². The summed E-state index contributed by atoms with van der Waals surface area (Å²) in [4.78, 5) is 26.1. The molecule has 1 N–H and O–H groups in total. The van der Waals surface area contributed by atoms with Gasteiger partial charge in [-0.15, -0.1) is 0 Å². The van der Waals surface area contributed by atoms with Crippen LogP contribution in [0.1, 0.15) is 28.9 Å². The van der Waals surface area contributed by atoms with Crippen molar-refractivity contribution in [3.05, 3.63) is 71.0 Å². The lowest BCUT2D eigenvalue weighted by Gasteiger charge is -2.29. The minimum Gasteiger partial charge on any atom is -0.482 e. The molecule has 0 fully saturated rings. The SMILES string of the molecule is Cc1cc(C)n(-c2ccc(CNC(=O)CCN3C(=O)COc4ccccc43)c(C(F)(F)F)c2)n1. The predicted molar refractivity (Wildman–Crippen MR) is 119 cm³/mol. The molecule has 178 valence electrons. The first kappa shape index (κ1) is 23.3. The van der Waals surface area contributed by atoms with Gasteiger partial charge in [0.1, 0.15) is 5.75 Å². The highest BCUT2D eigenvalue weighted by Gasteiger charge is 2.34. The van der Waals surface area contributed by atoms with Gasteiger partial charge in [-0.05, 0) is 49.7 Å². The molecular weight excluding hydrogens is 449 g/mol. The maximum atomic E-state index is 13.8. The summed E-state index contributed by atoms with van der Waals surface area (Å²) < 4.78 is 48.1. The lowest BCUT2D eigenvalue weighted by molar-refractivity contribution is -0.138. The number of hydrogen-bond donors (Lipinski definition) is 1. The Morgan fingerprint density at radius 3 is 2.62 bits per heavy atom. The molecule has 2 aromatic carbocycles. The summed E-state index contributed by atoms with van der Waals surface area (Å²) in [5.74, 6) is -0.210. The van der Waals surface area contributed by atoms with Gasteiger partial charge in [-0.3, -0.25) is 9.59 Å². The normalized spacial score (nSPS) is 13.4. The van der Waals surface area contributed by atoms with Gasteiger partial charge in [0.25, 0.3) is 5.91 Å². The zero-order valence-corrected chi connectivity index (χ0v) is 18.6. The molecule has 0 unspecified atom stereocenters. The number of halogens is 3. The second-order valence-corrected chi connectivity index (χ2v) is 8.01. The van der Waals surface area contributed by atoms with E-state index in [1.54, 1.807) is 50.2 Å². The van der Waals surface area contributed by atoms with Gasteiger partial charge >= 0.3 is 6.18 Å². The Labute approximate surface area is 194 Å². The number of benzene rings is 2. The number of aryl methyl sites for hydroxylation is 2. The van der Waals surface area contributed by atoms with E-state index in [2.05, 4.69) is 10.4 Å². The Morgan fingerprint density at radius 1 is 1.15 bits per heavy atom. The molecule has 0 atom stereocenters. The van der Waals surface area contributed by atoms with Crippen LogP contribution in [0.15, 0.2) is 48.5 Å². The predicted octanol–water partition coefficient (Wildman–Crippen LogP) is 3.94. The topological polar surface area (TPSA) is 76.5 Å². The lowest BCUT2D eigenvalue weighted by atomic mass is 10.1. The number of rotatable bonds is 6. The van der Waals surface area contributed by atoms with E-state index in [1.807, 2.05) is 0 Å². The van der Waals surface area contributed by atoms with E-state index >= 15 is 0 Å². The third-order valence-corrected chi connectivity index (χ3v) is 5.50. The Bertz CT molecular complexity index is 1240. The number of carbonyl (C=O) groups excluding carboxylic acids is 2. The highest BCUT2D eigenvalue weighted by atomic mass is 19.4. The van der Waals surface area contributed by atoms with Gasteiger partial charge in [0.05, 0.1) is 22.6 Å². The molecule has 3 aromatic rings. The molecule has 4 rings (SSSR count). The van der Waals surface area contributed by atoms with Crippen LogP contribution in [0.4, 0.5) is 18.9 Å². The number of para-hydroxylation sites is 2. The van der Waals surface area contributed by atoms with Crippen LogP contribution in [0.25, 0.3) is 5.69 Å². The summed E-state index contributed by atoms with van der Waals surface area (Å²) in [5, 5.41) is 6.77. The number of ether oxygens (including phenoxy) is 1. The minimum absolute atomic E-state index is 0.0566.